The molecule has 0 radical (unpaired) electrons. The quantitative estimate of drug-likeness (QED) is 0.252. The lowest BCUT2D eigenvalue weighted by Gasteiger charge is -2.15. The van der Waals surface area contributed by atoms with E-state index in [9.17, 15) is 31.1 Å². The predicted octanol–water partition coefficient (Wildman–Crippen LogP) is 7.43. The Morgan fingerprint density at radius 2 is 1.31 bits per heavy atom. The minimum Gasteiger partial charge on any atom is -0.341 e. The topological polar surface area (TPSA) is 44.9 Å². The predicted molar refractivity (Wildman–Crippen MR) is 109 cm³/mol. The van der Waals surface area contributed by atoms with Crippen LogP contribution in [0.4, 0.5) is 37.8 Å². The molecule has 0 aliphatic rings. The summed E-state index contributed by atoms with van der Waals surface area (Å²) >= 11 is 0. The number of nitrogens with one attached hydrogen (secondary N) is 2. The van der Waals surface area contributed by atoms with Gasteiger partial charge in [-0.25, -0.2) is 0 Å². The average molecular weight is 448 g/mol. The van der Waals surface area contributed by atoms with Gasteiger partial charge >= 0.3 is 12.4 Å². The van der Waals surface area contributed by atoms with Gasteiger partial charge < -0.3 is 10.3 Å². The number of hydrogen-bond donors (Lipinski definition) is 2. The molecule has 1 aromatic heterocycles. The molecule has 4 rings (SSSR count). The number of anilines is 2. The zero-order valence-electron chi connectivity index (χ0n) is 16.1. The molecule has 2 N–H and O–H groups in total. The molecule has 0 aliphatic carbocycles. The summed E-state index contributed by atoms with van der Waals surface area (Å²) in [6, 6.07) is 14.9. The van der Waals surface area contributed by atoms with Crippen LogP contribution >= 0.6 is 0 Å². The van der Waals surface area contributed by atoms with Crippen LogP contribution in [0.25, 0.3) is 22.0 Å². The highest BCUT2D eigenvalue weighted by Gasteiger charge is 2.37. The van der Waals surface area contributed by atoms with E-state index in [1.807, 2.05) is 0 Å². The Labute approximate surface area is 177 Å². The molecule has 1 heterocycles. The number of fused-ring (bicyclic) bond motifs is 1. The number of hydrogen-bond acceptors (Lipinski definition) is 2. The lowest BCUT2D eigenvalue weighted by molar-refractivity contribution is -0.143. The van der Waals surface area contributed by atoms with Crippen LogP contribution in [0.1, 0.15) is 21.5 Å². The molecule has 3 nitrogen and oxygen atoms in total. The Hall–Kier alpha value is -3.75. The number of alkyl halides is 6. The van der Waals surface area contributed by atoms with E-state index in [-0.39, 0.29) is 17.6 Å². The third-order valence-corrected chi connectivity index (χ3v) is 4.91. The van der Waals surface area contributed by atoms with Crippen molar-refractivity contribution < 1.29 is 31.1 Å². The number of halogens is 6. The van der Waals surface area contributed by atoms with E-state index in [0.29, 0.717) is 46.0 Å². The van der Waals surface area contributed by atoms with Gasteiger partial charge in [0.05, 0.1) is 16.8 Å². The molecular formula is C23H14F6N2O. The van der Waals surface area contributed by atoms with Crippen LogP contribution in [-0.2, 0) is 12.4 Å². The summed E-state index contributed by atoms with van der Waals surface area (Å²) in [5, 5.41) is 3.96. The highest BCUT2D eigenvalue weighted by atomic mass is 19.4. The molecule has 164 valence electrons. The largest absolute Gasteiger partial charge is 0.416 e. The first-order chi connectivity index (χ1) is 15.1. The van der Waals surface area contributed by atoms with Crippen molar-refractivity contribution in [3.63, 3.8) is 0 Å². The SMILES string of the molecule is O=Cc1ccc(-c2[nH]c(Nc3cc(C(F)(F)F)cc(C(F)(F)F)c3)c3ccccc23)cc1. The smallest absolute Gasteiger partial charge is 0.341 e. The van der Waals surface area contributed by atoms with Crippen LogP contribution in [0.2, 0.25) is 0 Å². The van der Waals surface area contributed by atoms with Crippen LogP contribution in [-0.4, -0.2) is 11.3 Å². The van der Waals surface area contributed by atoms with Gasteiger partial charge in [-0.05, 0) is 23.8 Å². The van der Waals surface area contributed by atoms with Crippen molar-refractivity contribution in [3.05, 3.63) is 83.4 Å². The second-order valence-corrected chi connectivity index (χ2v) is 7.08. The molecule has 0 bridgehead atoms. The third kappa shape index (κ3) is 4.18. The van der Waals surface area contributed by atoms with Crippen LogP contribution in [0.3, 0.4) is 0 Å². The maximum absolute atomic E-state index is 13.2. The molecule has 0 unspecified atom stereocenters. The molecule has 0 amide bonds. The molecular weight excluding hydrogens is 434 g/mol. The number of carbonyl (C=O) groups is 1. The first kappa shape index (κ1) is 21.5. The first-order valence-electron chi connectivity index (χ1n) is 9.29. The number of aldehydes is 1. The van der Waals surface area contributed by atoms with Crippen LogP contribution < -0.4 is 5.32 Å². The maximum Gasteiger partial charge on any atom is 0.416 e. The van der Waals surface area contributed by atoms with Gasteiger partial charge in [-0.3, -0.25) is 4.79 Å². The van der Waals surface area contributed by atoms with Gasteiger partial charge in [0, 0.05) is 22.0 Å². The van der Waals surface area contributed by atoms with Crippen LogP contribution in [0.5, 0.6) is 0 Å². The number of rotatable bonds is 4. The fourth-order valence-electron chi connectivity index (χ4n) is 3.40. The molecule has 32 heavy (non-hydrogen) atoms. The van der Waals surface area contributed by atoms with E-state index >= 15 is 0 Å². The summed E-state index contributed by atoms with van der Waals surface area (Å²) in [7, 11) is 0. The monoisotopic (exact) mass is 448 g/mol. The van der Waals surface area contributed by atoms with Crippen molar-refractivity contribution >= 4 is 28.6 Å². The van der Waals surface area contributed by atoms with Gasteiger partial charge in [-0.1, -0.05) is 48.5 Å². The van der Waals surface area contributed by atoms with E-state index in [2.05, 4.69) is 10.3 Å². The molecule has 0 aliphatic heterocycles. The van der Waals surface area contributed by atoms with Gasteiger partial charge in [-0.2, -0.15) is 26.3 Å². The zero-order chi connectivity index (χ0) is 23.1. The molecule has 0 atom stereocenters. The molecule has 0 saturated carbocycles. The lowest BCUT2D eigenvalue weighted by Crippen LogP contribution is -2.11. The Morgan fingerprint density at radius 3 is 1.84 bits per heavy atom. The minimum atomic E-state index is -4.94. The van der Waals surface area contributed by atoms with Gasteiger partial charge in [0.25, 0.3) is 0 Å². The maximum atomic E-state index is 13.2. The first-order valence-corrected chi connectivity index (χ1v) is 9.29. The lowest BCUT2D eigenvalue weighted by atomic mass is 10.1. The van der Waals surface area contributed by atoms with Crippen LogP contribution in [0.15, 0.2) is 66.7 Å². The van der Waals surface area contributed by atoms with Crippen molar-refractivity contribution in [1.29, 1.82) is 0 Å². The van der Waals surface area contributed by atoms with E-state index in [1.165, 1.54) is 0 Å². The van der Waals surface area contributed by atoms with Gasteiger partial charge in [-0.15, -0.1) is 0 Å². The zero-order valence-corrected chi connectivity index (χ0v) is 16.1. The van der Waals surface area contributed by atoms with Crippen molar-refractivity contribution in [2.24, 2.45) is 0 Å². The summed E-state index contributed by atoms with van der Waals surface area (Å²) in [6.45, 7) is 0. The normalized spacial score (nSPS) is 12.2. The Morgan fingerprint density at radius 1 is 0.750 bits per heavy atom. The molecule has 3 aromatic carbocycles. The summed E-state index contributed by atoms with van der Waals surface area (Å²) in [6.07, 6.45) is -9.20. The number of aromatic nitrogens is 1. The number of aromatic amines is 1. The summed E-state index contributed by atoms with van der Waals surface area (Å²) in [4.78, 5) is 13.9. The van der Waals surface area contributed by atoms with Crippen molar-refractivity contribution in [3.8, 4) is 11.3 Å². The Kier molecular flexibility index (Phi) is 5.20. The Bertz CT molecular complexity index is 1250. The number of H-pyrrole nitrogens is 1. The van der Waals surface area contributed by atoms with E-state index in [1.54, 1.807) is 48.5 Å². The van der Waals surface area contributed by atoms with Gasteiger partial charge in [0.1, 0.15) is 12.1 Å². The van der Waals surface area contributed by atoms with Crippen molar-refractivity contribution in [1.82, 2.24) is 4.98 Å². The minimum absolute atomic E-state index is 0.0814. The average Bonchev–Trinajstić information content (AvgIpc) is 3.11. The van der Waals surface area contributed by atoms with Gasteiger partial charge in [0.15, 0.2) is 0 Å². The number of carbonyl (C=O) groups excluding carboxylic acids is 1. The molecule has 0 saturated heterocycles. The standard InChI is InChI=1S/C23H14F6N2O/c24-22(25,26)15-9-16(23(27,28)29)11-17(10-15)30-21-19-4-2-1-3-18(19)20(31-21)14-7-5-13(12-32)6-8-14/h1-12,30-31H. The second kappa shape index (κ2) is 7.74. The fraction of sp³-hybridized carbons (Fsp3) is 0.0870. The second-order valence-electron chi connectivity index (χ2n) is 7.08. The van der Waals surface area contributed by atoms with Gasteiger partial charge in [0.2, 0.25) is 0 Å². The molecule has 0 fully saturated rings. The van der Waals surface area contributed by atoms with Crippen LogP contribution in [0, 0.1) is 0 Å². The molecule has 4 aromatic rings. The fourth-order valence-corrected chi connectivity index (χ4v) is 3.40. The Balaban J connectivity index is 1.82. The molecule has 0 spiro atoms. The highest BCUT2D eigenvalue weighted by molar-refractivity contribution is 6.04. The molecule has 9 heteroatoms. The van der Waals surface area contributed by atoms with E-state index in [4.69, 9.17) is 0 Å². The van der Waals surface area contributed by atoms with E-state index in [0.717, 1.165) is 0 Å². The third-order valence-electron chi connectivity index (χ3n) is 4.91. The summed E-state index contributed by atoms with van der Waals surface area (Å²) < 4.78 is 79.1. The summed E-state index contributed by atoms with van der Waals surface area (Å²) in [5.41, 5.74) is -1.41. The van der Waals surface area contributed by atoms with E-state index < -0.39 is 23.5 Å². The van der Waals surface area contributed by atoms with Crippen molar-refractivity contribution in [2.75, 3.05) is 5.32 Å². The van der Waals surface area contributed by atoms with Crippen molar-refractivity contribution in [2.45, 2.75) is 12.4 Å². The number of benzene rings is 3. The highest BCUT2D eigenvalue weighted by Crippen LogP contribution is 2.40. The summed E-state index contributed by atoms with van der Waals surface area (Å²) in [5.74, 6) is 0.238.